The van der Waals surface area contributed by atoms with E-state index in [4.69, 9.17) is 38.4 Å². The summed E-state index contributed by atoms with van der Waals surface area (Å²) >= 11 is 0. The van der Waals surface area contributed by atoms with Crippen LogP contribution in [0, 0.1) is 0 Å². The lowest BCUT2D eigenvalue weighted by Gasteiger charge is -2.23. The second-order valence-corrected chi connectivity index (χ2v) is 11.5. The Labute approximate surface area is 284 Å². The van der Waals surface area contributed by atoms with Crippen molar-refractivity contribution in [2.45, 2.75) is 12.8 Å². The highest BCUT2D eigenvalue weighted by atomic mass is 16.5. The first-order valence-electron chi connectivity index (χ1n) is 15.9. The summed E-state index contributed by atoms with van der Waals surface area (Å²) in [5.41, 5.74) is 5.60. The molecule has 0 aliphatic rings. The van der Waals surface area contributed by atoms with Crippen LogP contribution in [0.4, 0.5) is 11.4 Å². The number of pyridine rings is 2. The second kappa shape index (κ2) is 17.3. The quantitative estimate of drug-likeness (QED) is 0.123. The zero-order valence-corrected chi connectivity index (χ0v) is 29.7. The molecule has 4 aromatic rings. The van der Waals surface area contributed by atoms with Crippen molar-refractivity contribution in [2.24, 2.45) is 0 Å². The molecule has 2 aromatic carbocycles. The fourth-order valence-electron chi connectivity index (χ4n) is 5.55. The van der Waals surface area contributed by atoms with Crippen LogP contribution in [0.1, 0.15) is 12.8 Å². The number of hydrogen-bond acceptors (Lipinski definition) is 11. The van der Waals surface area contributed by atoms with Crippen LogP contribution in [0.15, 0.2) is 60.9 Å². The van der Waals surface area contributed by atoms with Crippen molar-refractivity contribution in [1.29, 1.82) is 0 Å². The van der Waals surface area contributed by atoms with E-state index in [0.29, 0.717) is 34.5 Å². The highest BCUT2D eigenvalue weighted by Crippen LogP contribution is 2.42. The largest absolute Gasteiger partial charge is 0.493 e. The Bertz CT molecular complexity index is 1430. The number of anilines is 2. The Kier molecular flexibility index (Phi) is 13.0. The highest BCUT2D eigenvalue weighted by Gasteiger charge is 2.16. The van der Waals surface area contributed by atoms with Crippen LogP contribution in [0.3, 0.4) is 0 Å². The zero-order chi connectivity index (χ0) is 34.6. The summed E-state index contributed by atoms with van der Waals surface area (Å²) in [5.74, 6) is 3.54. The Hall–Kier alpha value is -4.90. The van der Waals surface area contributed by atoms with Gasteiger partial charge in [-0.1, -0.05) is 0 Å². The molecule has 0 unspecified atom stereocenters. The summed E-state index contributed by atoms with van der Waals surface area (Å²) in [7, 11) is 16.0. The van der Waals surface area contributed by atoms with Crippen molar-refractivity contribution in [3.8, 4) is 57.0 Å². The van der Waals surface area contributed by atoms with Gasteiger partial charge >= 0.3 is 0 Å². The van der Waals surface area contributed by atoms with E-state index in [0.717, 1.165) is 72.9 Å². The fraction of sp³-hybridized carbons (Fsp3) is 0.405. The van der Waals surface area contributed by atoms with Crippen molar-refractivity contribution in [3.63, 3.8) is 0 Å². The molecule has 0 fully saturated rings. The molecular weight excluding hydrogens is 610 g/mol. The first-order chi connectivity index (χ1) is 23.3. The van der Waals surface area contributed by atoms with Crippen LogP contribution in [0.5, 0.6) is 34.5 Å². The molecule has 2 aromatic heterocycles. The number of nitrogens with zero attached hydrogens (tertiary/aromatic N) is 5. The van der Waals surface area contributed by atoms with E-state index in [1.807, 2.05) is 48.8 Å². The topological polar surface area (TPSA) is 90.9 Å². The summed E-state index contributed by atoms with van der Waals surface area (Å²) in [6.45, 7) is 3.88. The van der Waals surface area contributed by atoms with Crippen LogP contribution in [-0.2, 0) is 0 Å². The average Bonchev–Trinajstić information content (AvgIpc) is 3.13. The number of aromatic nitrogens is 2. The highest BCUT2D eigenvalue weighted by molar-refractivity contribution is 5.70. The SMILES string of the molecule is COc1cc(-c2ccc(N(C)CCCN(C)CCCN(C)c3ccc(-c4cc(OC)c(OC)c(OC)c4)nc3)cn2)cc(OC)c1OC. The molecule has 0 saturated heterocycles. The number of methoxy groups -OCH3 is 6. The minimum atomic E-state index is 0.564. The van der Waals surface area contributed by atoms with Gasteiger partial charge in [-0.2, -0.15) is 0 Å². The van der Waals surface area contributed by atoms with E-state index in [2.05, 4.69) is 48.0 Å². The predicted molar refractivity (Wildman–Crippen MR) is 192 cm³/mol. The Balaban J connectivity index is 1.22. The van der Waals surface area contributed by atoms with Crippen LogP contribution in [-0.4, -0.2) is 105 Å². The predicted octanol–water partition coefficient (Wildman–Crippen LogP) is 6.15. The number of hydrogen-bond donors (Lipinski definition) is 0. The van der Waals surface area contributed by atoms with Gasteiger partial charge in [0.05, 0.1) is 77.8 Å². The van der Waals surface area contributed by atoms with Crippen LogP contribution in [0.2, 0.25) is 0 Å². The molecule has 0 bridgehead atoms. The normalized spacial score (nSPS) is 10.9. The summed E-state index contributed by atoms with van der Waals surface area (Å²) in [6.07, 6.45) is 5.90. The van der Waals surface area contributed by atoms with Gasteiger partial charge in [0.25, 0.3) is 0 Å². The molecule has 48 heavy (non-hydrogen) atoms. The molecule has 258 valence electrons. The maximum absolute atomic E-state index is 5.50. The first kappa shape index (κ1) is 35.9. The molecule has 2 heterocycles. The molecule has 4 rings (SSSR count). The van der Waals surface area contributed by atoms with Gasteiger partial charge in [-0.25, -0.2) is 0 Å². The maximum Gasteiger partial charge on any atom is 0.203 e. The van der Waals surface area contributed by atoms with Crippen molar-refractivity contribution in [3.05, 3.63) is 60.9 Å². The third-order valence-electron chi connectivity index (χ3n) is 8.36. The van der Waals surface area contributed by atoms with Gasteiger partial charge in [-0.05, 0) is 81.5 Å². The van der Waals surface area contributed by atoms with Gasteiger partial charge in [0.1, 0.15) is 0 Å². The van der Waals surface area contributed by atoms with Crippen LogP contribution < -0.4 is 38.2 Å². The first-order valence-corrected chi connectivity index (χ1v) is 15.9. The van der Waals surface area contributed by atoms with Crippen LogP contribution >= 0.6 is 0 Å². The van der Waals surface area contributed by atoms with E-state index in [1.54, 1.807) is 42.7 Å². The Morgan fingerprint density at radius 3 is 1.10 bits per heavy atom. The van der Waals surface area contributed by atoms with E-state index in [9.17, 15) is 0 Å². The molecule has 0 aliphatic heterocycles. The average molecular weight is 660 g/mol. The zero-order valence-electron chi connectivity index (χ0n) is 29.7. The number of rotatable bonds is 18. The van der Waals surface area contributed by atoms with Gasteiger partial charge in [-0.15, -0.1) is 0 Å². The molecule has 0 saturated carbocycles. The van der Waals surface area contributed by atoms with Crippen molar-refractivity contribution >= 4 is 11.4 Å². The van der Waals surface area contributed by atoms with E-state index >= 15 is 0 Å². The molecule has 11 nitrogen and oxygen atoms in total. The van der Waals surface area contributed by atoms with Gasteiger partial charge in [0.15, 0.2) is 23.0 Å². The van der Waals surface area contributed by atoms with Gasteiger partial charge in [0.2, 0.25) is 11.5 Å². The number of ether oxygens (including phenoxy) is 6. The monoisotopic (exact) mass is 659 g/mol. The molecule has 0 atom stereocenters. The lowest BCUT2D eigenvalue weighted by molar-refractivity contribution is 0.324. The smallest absolute Gasteiger partial charge is 0.203 e. The Morgan fingerprint density at radius 2 is 0.833 bits per heavy atom. The van der Waals surface area contributed by atoms with Gasteiger partial charge in [0, 0.05) is 38.3 Å². The second-order valence-electron chi connectivity index (χ2n) is 11.5. The lowest BCUT2D eigenvalue weighted by atomic mass is 10.1. The summed E-state index contributed by atoms with van der Waals surface area (Å²) in [6, 6.07) is 15.9. The standard InChI is InChI=1S/C37H49N5O6/c1-40(16-10-18-41(2)28-12-14-30(38-24-28)26-20-32(43-4)36(47-8)33(21-26)44-5)17-11-19-42(3)29-13-15-31(39-25-29)27-22-34(45-6)37(48-9)35(23-27)46-7/h12-15,20-25H,10-11,16-19H2,1-9H3. The van der Waals surface area contributed by atoms with Gasteiger partial charge < -0.3 is 43.1 Å². The Morgan fingerprint density at radius 1 is 0.479 bits per heavy atom. The van der Waals surface area contributed by atoms with Crippen molar-refractivity contribution in [2.75, 3.05) is 99.8 Å². The molecule has 0 aliphatic carbocycles. The van der Waals surface area contributed by atoms with E-state index in [-0.39, 0.29) is 0 Å². The minimum Gasteiger partial charge on any atom is -0.493 e. The van der Waals surface area contributed by atoms with Gasteiger partial charge in [-0.3, -0.25) is 9.97 Å². The minimum absolute atomic E-state index is 0.564. The summed E-state index contributed by atoms with van der Waals surface area (Å²) in [5, 5.41) is 0. The third-order valence-corrected chi connectivity index (χ3v) is 8.36. The van der Waals surface area contributed by atoms with Crippen LogP contribution in [0.25, 0.3) is 22.5 Å². The molecule has 0 amide bonds. The van der Waals surface area contributed by atoms with Crippen molar-refractivity contribution < 1.29 is 28.4 Å². The third kappa shape index (κ3) is 8.71. The number of benzene rings is 2. The molecule has 0 radical (unpaired) electrons. The summed E-state index contributed by atoms with van der Waals surface area (Å²) in [4.78, 5) is 16.3. The van der Waals surface area contributed by atoms with E-state index in [1.165, 1.54) is 0 Å². The fourth-order valence-corrected chi connectivity index (χ4v) is 5.55. The molecular formula is C37H49N5O6. The lowest BCUT2D eigenvalue weighted by Crippen LogP contribution is -2.28. The maximum atomic E-state index is 5.50. The van der Waals surface area contributed by atoms with Crippen molar-refractivity contribution in [1.82, 2.24) is 14.9 Å². The molecule has 0 N–H and O–H groups in total. The molecule has 0 spiro atoms. The summed E-state index contributed by atoms with van der Waals surface area (Å²) < 4.78 is 32.9. The van der Waals surface area contributed by atoms with E-state index < -0.39 is 0 Å². The molecule has 11 heteroatoms.